The van der Waals surface area contributed by atoms with Crippen LogP contribution in [0.4, 0.5) is 0 Å². The average molecular weight is 384 g/mol. The molecule has 3 nitrogen and oxygen atoms in total. The van der Waals surface area contributed by atoms with E-state index in [1.807, 2.05) is 0 Å². The van der Waals surface area contributed by atoms with Gasteiger partial charge >= 0.3 is 0 Å². The van der Waals surface area contributed by atoms with Gasteiger partial charge in [-0.3, -0.25) is 0 Å². The SMILES string of the molecule is CCCCCCCCCCNCCNCCNCCCCCCCCCC. The summed E-state index contributed by atoms with van der Waals surface area (Å²) < 4.78 is 0. The van der Waals surface area contributed by atoms with Crippen molar-refractivity contribution in [1.82, 2.24) is 16.0 Å². The van der Waals surface area contributed by atoms with Gasteiger partial charge in [-0.1, -0.05) is 104 Å². The maximum atomic E-state index is 3.56. The summed E-state index contributed by atoms with van der Waals surface area (Å²) in [6.07, 6.45) is 22.5. The molecule has 0 aromatic rings. The molecule has 0 spiro atoms. The molecule has 0 amide bonds. The summed E-state index contributed by atoms with van der Waals surface area (Å²) in [7, 11) is 0. The molecule has 0 rings (SSSR count). The number of hydrogen-bond acceptors (Lipinski definition) is 3. The van der Waals surface area contributed by atoms with E-state index in [4.69, 9.17) is 0 Å². The molecule has 0 aliphatic rings. The van der Waals surface area contributed by atoms with E-state index in [9.17, 15) is 0 Å². The van der Waals surface area contributed by atoms with Crippen LogP contribution in [0.1, 0.15) is 117 Å². The molecular weight excluding hydrogens is 330 g/mol. The molecule has 0 fully saturated rings. The predicted octanol–water partition coefficient (Wildman–Crippen LogP) is 6.04. The highest BCUT2D eigenvalue weighted by molar-refractivity contribution is 4.56. The Morgan fingerprint density at radius 1 is 0.296 bits per heavy atom. The third-order valence-electron chi connectivity index (χ3n) is 5.37. The van der Waals surface area contributed by atoms with Gasteiger partial charge in [-0.15, -0.1) is 0 Å². The second-order valence-electron chi connectivity index (χ2n) is 8.20. The molecule has 0 saturated heterocycles. The van der Waals surface area contributed by atoms with Gasteiger partial charge in [-0.05, 0) is 25.9 Å². The third-order valence-corrected chi connectivity index (χ3v) is 5.37. The van der Waals surface area contributed by atoms with Crippen molar-refractivity contribution in [2.24, 2.45) is 0 Å². The van der Waals surface area contributed by atoms with Gasteiger partial charge in [0.05, 0.1) is 0 Å². The van der Waals surface area contributed by atoms with Crippen LogP contribution in [0.3, 0.4) is 0 Å². The van der Waals surface area contributed by atoms with Crippen LogP contribution < -0.4 is 16.0 Å². The molecule has 0 radical (unpaired) electrons. The fourth-order valence-corrected chi connectivity index (χ4v) is 3.50. The number of unbranched alkanes of at least 4 members (excludes halogenated alkanes) is 14. The van der Waals surface area contributed by atoms with Crippen LogP contribution in [-0.4, -0.2) is 39.3 Å². The van der Waals surface area contributed by atoms with Crippen molar-refractivity contribution < 1.29 is 0 Å². The minimum absolute atomic E-state index is 1.09. The Bertz CT molecular complexity index is 222. The Hall–Kier alpha value is -0.120. The quantitative estimate of drug-likeness (QED) is 0.178. The zero-order valence-electron chi connectivity index (χ0n) is 19.1. The molecule has 0 saturated carbocycles. The van der Waals surface area contributed by atoms with Gasteiger partial charge in [0.25, 0.3) is 0 Å². The summed E-state index contributed by atoms with van der Waals surface area (Å²) in [5.74, 6) is 0. The molecule has 0 aliphatic heterocycles. The van der Waals surface area contributed by atoms with E-state index in [-0.39, 0.29) is 0 Å². The van der Waals surface area contributed by atoms with Crippen molar-refractivity contribution in [1.29, 1.82) is 0 Å². The van der Waals surface area contributed by atoms with Crippen LogP contribution in [-0.2, 0) is 0 Å². The van der Waals surface area contributed by atoms with Gasteiger partial charge in [-0.25, -0.2) is 0 Å². The van der Waals surface area contributed by atoms with Crippen molar-refractivity contribution in [2.45, 2.75) is 117 Å². The second-order valence-corrected chi connectivity index (χ2v) is 8.20. The molecule has 0 unspecified atom stereocenters. The van der Waals surface area contributed by atoms with Crippen LogP contribution in [0.2, 0.25) is 0 Å². The summed E-state index contributed by atoms with van der Waals surface area (Å²) in [6, 6.07) is 0. The molecule has 0 heterocycles. The van der Waals surface area contributed by atoms with Crippen molar-refractivity contribution in [2.75, 3.05) is 39.3 Å². The fourth-order valence-electron chi connectivity index (χ4n) is 3.50. The van der Waals surface area contributed by atoms with Crippen LogP contribution >= 0.6 is 0 Å². The Labute approximate surface area is 172 Å². The van der Waals surface area contributed by atoms with E-state index in [0.717, 1.165) is 26.2 Å². The Balaban J connectivity index is 2.95. The Kier molecular flexibility index (Phi) is 25.8. The van der Waals surface area contributed by atoms with Crippen LogP contribution in [0.25, 0.3) is 0 Å². The Morgan fingerprint density at radius 2 is 0.556 bits per heavy atom. The summed E-state index contributed by atoms with van der Waals surface area (Å²) in [5, 5.41) is 10.6. The summed E-state index contributed by atoms with van der Waals surface area (Å²) in [5.41, 5.74) is 0. The summed E-state index contributed by atoms with van der Waals surface area (Å²) >= 11 is 0. The molecule has 164 valence electrons. The molecule has 3 heteroatoms. The minimum atomic E-state index is 1.09. The molecule has 27 heavy (non-hydrogen) atoms. The molecule has 3 N–H and O–H groups in total. The number of hydrogen-bond donors (Lipinski definition) is 3. The van der Waals surface area contributed by atoms with E-state index in [0.29, 0.717) is 0 Å². The van der Waals surface area contributed by atoms with Crippen molar-refractivity contribution >= 4 is 0 Å². The first-order valence-electron chi connectivity index (χ1n) is 12.5. The largest absolute Gasteiger partial charge is 0.315 e. The topological polar surface area (TPSA) is 36.1 Å². The first-order valence-corrected chi connectivity index (χ1v) is 12.5. The average Bonchev–Trinajstić information content (AvgIpc) is 2.68. The van der Waals surface area contributed by atoms with Gasteiger partial charge < -0.3 is 16.0 Å². The van der Waals surface area contributed by atoms with Gasteiger partial charge in [0, 0.05) is 26.2 Å². The van der Waals surface area contributed by atoms with Crippen LogP contribution in [0.15, 0.2) is 0 Å². The standard InChI is InChI=1S/C24H53N3/c1-3-5-7-9-11-13-15-17-19-25-21-23-27-24-22-26-20-18-16-14-12-10-8-6-4-2/h25-27H,3-24H2,1-2H3. The Morgan fingerprint density at radius 3 is 0.889 bits per heavy atom. The van der Waals surface area contributed by atoms with E-state index >= 15 is 0 Å². The normalized spacial score (nSPS) is 11.3. The van der Waals surface area contributed by atoms with Crippen molar-refractivity contribution in [3.63, 3.8) is 0 Å². The summed E-state index contributed by atoms with van der Waals surface area (Å²) in [4.78, 5) is 0. The molecule has 0 atom stereocenters. The highest BCUT2D eigenvalue weighted by Crippen LogP contribution is 2.08. The van der Waals surface area contributed by atoms with E-state index < -0.39 is 0 Å². The van der Waals surface area contributed by atoms with Crippen molar-refractivity contribution in [3.8, 4) is 0 Å². The van der Waals surface area contributed by atoms with Crippen molar-refractivity contribution in [3.05, 3.63) is 0 Å². The number of nitrogens with one attached hydrogen (secondary N) is 3. The first-order chi connectivity index (χ1) is 13.4. The van der Waals surface area contributed by atoms with Gasteiger partial charge in [0.2, 0.25) is 0 Å². The van der Waals surface area contributed by atoms with Gasteiger partial charge in [-0.2, -0.15) is 0 Å². The maximum absolute atomic E-state index is 3.56. The highest BCUT2D eigenvalue weighted by Gasteiger charge is 1.94. The van der Waals surface area contributed by atoms with E-state index in [1.165, 1.54) is 116 Å². The minimum Gasteiger partial charge on any atom is -0.315 e. The monoisotopic (exact) mass is 383 g/mol. The van der Waals surface area contributed by atoms with E-state index in [2.05, 4.69) is 29.8 Å². The first kappa shape index (κ1) is 26.9. The van der Waals surface area contributed by atoms with Crippen LogP contribution in [0, 0.1) is 0 Å². The smallest absolute Gasteiger partial charge is 0.00772 e. The fraction of sp³-hybridized carbons (Fsp3) is 1.00. The lowest BCUT2D eigenvalue weighted by molar-refractivity contribution is 0.533. The molecular formula is C24H53N3. The lowest BCUT2D eigenvalue weighted by Crippen LogP contribution is -2.33. The number of rotatable bonds is 24. The second kappa shape index (κ2) is 25.9. The zero-order valence-corrected chi connectivity index (χ0v) is 19.1. The zero-order chi connectivity index (χ0) is 19.7. The lowest BCUT2D eigenvalue weighted by Gasteiger charge is -2.08. The molecule has 0 aromatic carbocycles. The molecule has 0 bridgehead atoms. The third kappa shape index (κ3) is 25.9. The molecule has 0 aliphatic carbocycles. The van der Waals surface area contributed by atoms with E-state index in [1.54, 1.807) is 0 Å². The van der Waals surface area contributed by atoms with Crippen LogP contribution in [0.5, 0.6) is 0 Å². The maximum Gasteiger partial charge on any atom is 0.00772 e. The van der Waals surface area contributed by atoms with Gasteiger partial charge in [0.1, 0.15) is 0 Å². The predicted molar refractivity (Wildman–Crippen MR) is 124 cm³/mol. The highest BCUT2D eigenvalue weighted by atomic mass is 15.0. The van der Waals surface area contributed by atoms with Gasteiger partial charge in [0.15, 0.2) is 0 Å². The lowest BCUT2D eigenvalue weighted by atomic mass is 10.1. The summed E-state index contributed by atoms with van der Waals surface area (Å²) in [6.45, 7) is 11.3. The molecule has 0 aromatic heterocycles.